The SMILES string of the molecule is C=CCn1c(C)nnc1S[C@H](C)C(=O)Nc1ccc(Oc2ccccc2)cc1. The van der Waals surface area contributed by atoms with Gasteiger partial charge in [0.1, 0.15) is 17.3 Å². The van der Waals surface area contributed by atoms with Crippen LogP contribution < -0.4 is 10.1 Å². The van der Waals surface area contributed by atoms with Crippen molar-refractivity contribution in [3.63, 3.8) is 0 Å². The number of carbonyl (C=O) groups is 1. The first kappa shape index (κ1) is 19.7. The minimum absolute atomic E-state index is 0.104. The highest BCUT2D eigenvalue weighted by atomic mass is 32.2. The summed E-state index contributed by atoms with van der Waals surface area (Å²) in [6.07, 6.45) is 1.78. The highest BCUT2D eigenvalue weighted by Crippen LogP contribution is 2.25. The summed E-state index contributed by atoms with van der Waals surface area (Å²) in [4.78, 5) is 12.5. The molecule has 144 valence electrons. The zero-order valence-corrected chi connectivity index (χ0v) is 16.6. The molecule has 0 aliphatic rings. The maximum atomic E-state index is 12.5. The number of ether oxygens (including phenoxy) is 1. The Bertz CT molecular complexity index is 939. The van der Waals surface area contributed by atoms with E-state index in [0.717, 1.165) is 11.6 Å². The monoisotopic (exact) mass is 394 g/mol. The molecule has 0 aliphatic heterocycles. The van der Waals surface area contributed by atoms with Crippen LogP contribution in [-0.4, -0.2) is 25.9 Å². The molecule has 6 nitrogen and oxygen atoms in total. The summed E-state index contributed by atoms with van der Waals surface area (Å²) in [5.41, 5.74) is 0.710. The number of thioether (sulfide) groups is 1. The summed E-state index contributed by atoms with van der Waals surface area (Å²) in [5, 5.41) is 11.5. The molecule has 0 fully saturated rings. The molecular formula is C21H22N4O2S. The lowest BCUT2D eigenvalue weighted by atomic mass is 10.3. The van der Waals surface area contributed by atoms with E-state index in [2.05, 4.69) is 22.1 Å². The maximum Gasteiger partial charge on any atom is 0.237 e. The molecule has 0 spiro atoms. The van der Waals surface area contributed by atoms with Gasteiger partial charge >= 0.3 is 0 Å². The maximum absolute atomic E-state index is 12.5. The molecule has 7 heteroatoms. The zero-order valence-electron chi connectivity index (χ0n) is 15.8. The Morgan fingerprint density at radius 2 is 1.86 bits per heavy atom. The molecule has 1 amide bonds. The number of nitrogens with one attached hydrogen (secondary N) is 1. The summed E-state index contributed by atoms with van der Waals surface area (Å²) < 4.78 is 7.69. The van der Waals surface area contributed by atoms with Crippen LogP contribution in [-0.2, 0) is 11.3 Å². The van der Waals surface area contributed by atoms with Gasteiger partial charge in [0.05, 0.1) is 5.25 Å². The molecular weight excluding hydrogens is 372 g/mol. The van der Waals surface area contributed by atoms with Gasteiger partial charge in [-0.25, -0.2) is 0 Å². The lowest BCUT2D eigenvalue weighted by Crippen LogP contribution is -2.23. The summed E-state index contributed by atoms with van der Waals surface area (Å²) in [7, 11) is 0. The molecule has 0 saturated heterocycles. The van der Waals surface area contributed by atoms with Crippen LogP contribution in [0, 0.1) is 6.92 Å². The van der Waals surface area contributed by atoms with Crippen molar-refractivity contribution < 1.29 is 9.53 Å². The predicted molar refractivity (Wildman–Crippen MR) is 112 cm³/mol. The van der Waals surface area contributed by atoms with Crippen molar-refractivity contribution in [1.29, 1.82) is 0 Å². The van der Waals surface area contributed by atoms with Crippen molar-refractivity contribution >= 4 is 23.4 Å². The Morgan fingerprint density at radius 3 is 2.54 bits per heavy atom. The smallest absolute Gasteiger partial charge is 0.237 e. The summed E-state index contributed by atoms with van der Waals surface area (Å²) in [5.74, 6) is 2.17. The molecule has 1 N–H and O–H groups in total. The molecule has 0 aliphatic carbocycles. The van der Waals surface area contributed by atoms with Crippen molar-refractivity contribution in [2.75, 3.05) is 5.32 Å². The Labute approximate surface area is 168 Å². The van der Waals surface area contributed by atoms with Gasteiger partial charge in [0.15, 0.2) is 5.16 Å². The van der Waals surface area contributed by atoms with E-state index in [1.54, 1.807) is 6.08 Å². The highest BCUT2D eigenvalue weighted by molar-refractivity contribution is 8.00. The van der Waals surface area contributed by atoms with Gasteiger partial charge in [0.2, 0.25) is 5.91 Å². The second kappa shape index (κ2) is 9.23. The number of aromatic nitrogens is 3. The molecule has 3 rings (SSSR count). The molecule has 1 atom stereocenters. The average Bonchev–Trinajstić information content (AvgIpc) is 3.04. The van der Waals surface area contributed by atoms with Crippen molar-refractivity contribution in [2.24, 2.45) is 0 Å². The van der Waals surface area contributed by atoms with Crippen molar-refractivity contribution in [1.82, 2.24) is 14.8 Å². The third-order valence-corrected chi connectivity index (χ3v) is 5.05. The standard InChI is InChI=1S/C21H22N4O2S/c1-4-14-25-16(3)23-24-21(25)28-15(2)20(26)22-17-10-12-19(13-11-17)27-18-8-6-5-7-9-18/h4-13,15H,1,14H2,2-3H3,(H,22,26)/t15-/m1/s1. The molecule has 1 aromatic heterocycles. The van der Waals surface area contributed by atoms with Crippen LogP contribution >= 0.6 is 11.8 Å². The quantitative estimate of drug-likeness (QED) is 0.444. The van der Waals surface area contributed by atoms with Gasteiger partial charge in [-0.1, -0.05) is 36.0 Å². The van der Waals surface area contributed by atoms with Crippen molar-refractivity contribution in [2.45, 2.75) is 30.8 Å². The van der Waals surface area contributed by atoms with Gasteiger partial charge in [0, 0.05) is 12.2 Å². The van der Waals surface area contributed by atoms with E-state index in [-0.39, 0.29) is 11.2 Å². The number of hydrogen-bond donors (Lipinski definition) is 1. The number of anilines is 1. The van der Waals surface area contributed by atoms with Gasteiger partial charge in [-0.05, 0) is 50.2 Å². The number of amides is 1. The molecule has 0 radical (unpaired) electrons. The second-order valence-corrected chi connectivity index (χ2v) is 7.43. The van der Waals surface area contributed by atoms with Gasteiger partial charge in [-0.3, -0.25) is 4.79 Å². The third-order valence-electron chi connectivity index (χ3n) is 3.97. The lowest BCUT2D eigenvalue weighted by Gasteiger charge is -2.13. The minimum atomic E-state index is -0.326. The largest absolute Gasteiger partial charge is 0.457 e. The summed E-state index contributed by atoms with van der Waals surface area (Å²) in [6, 6.07) is 16.8. The topological polar surface area (TPSA) is 69.0 Å². The average molecular weight is 395 g/mol. The van der Waals surface area contributed by atoms with E-state index in [0.29, 0.717) is 23.1 Å². The molecule has 28 heavy (non-hydrogen) atoms. The fourth-order valence-corrected chi connectivity index (χ4v) is 3.38. The highest BCUT2D eigenvalue weighted by Gasteiger charge is 2.19. The molecule has 2 aromatic carbocycles. The Morgan fingerprint density at radius 1 is 1.18 bits per heavy atom. The number of aryl methyl sites for hydroxylation is 1. The van der Waals surface area contributed by atoms with Crippen LogP contribution in [0.25, 0.3) is 0 Å². The number of para-hydroxylation sites is 1. The van der Waals surface area contributed by atoms with E-state index in [1.807, 2.05) is 73.0 Å². The van der Waals surface area contributed by atoms with Crippen molar-refractivity contribution in [3.8, 4) is 11.5 Å². The van der Waals surface area contributed by atoms with Crippen LogP contribution in [0.15, 0.2) is 72.4 Å². The number of carbonyl (C=O) groups excluding carboxylic acids is 1. The first-order chi connectivity index (χ1) is 13.6. The van der Waals surface area contributed by atoms with Crippen LogP contribution in [0.2, 0.25) is 0 Å². The predicted octanol–water partition coefficient (Wildman–Crippen LogP) is 4.68. The molecule has 1 heterocycles. The zero-order chi connectivity index (χ0) is 19.9. The van der Waals surface area contributed by atoms with Crippen molar-refractivity contribution in [3.05, 3.63) is 73.1 Å². The summed E-state index contributed by atoms with van der Waals surface area (Å²) >= 11 is 1.37. The fourth-order valence-electron chi connectivity index (χ4n) is 2.47. The van der Waals surface area contributed by atoms with E-state index in [4.69, 9.17) is 4.74 Å². The third kappa shape index (κ3) is 5.01. The molecule has 0 unspecified atom stereocenters. The van der Waals surface area contributed by atoms with Crippen LogP contribution in [0.3, 0.4) is 0 Å². The number of rotatable bonds is 8. The molecule has 3 aromatic rings. The number of hydrogen-bond acceptors (Lipinski definition) is 5. The van der Waals surface area contributed by atoms with E-state index >= 15 is 0 Å². The van der Waals surface area contributed by atoms with Gasteiger partial charge < -0.3 is 14.6 Å². The fraction of sp³-hybridized carbons (Fsp3) is 0.190. The van der Waals surface area contributed by atoms with Crippen LogP contribution in [0.5, 0.6) is 11.5 Å². The number of benzene rings is 2. The Kier molecular flexibility index (Phi) is 6.49. The summed E-state index contributed by atoms with van der Waals surface area (Å²) in [6.45, 7) is 8.08. The lowest BCUT2D eigenvalue weighted by molar-refractivity contribution is -0.115. The molecule has 0 saturated carbocycles. The minimum Gasteiger partial charge on any atom is -0.457 e. The van der Waals surface area contributed by atoms with Gasteiger partial charge in [-0.15, -0.1) is 16.8 Å². The Balaban J connectivity index is 1.59. The van der Waals surface area contributed by atoms with Crippen LogP contribution in [0.4, 0.5) is 5.69 Å². The van der Waals surface area contributed by atoms with Gasteiger partial charge in [0.25, 0.3) is 0 Å². The number of nitrogens with zero attached hydrogens (tertiary/aromatic N) is 3. The van der Waals surface area contributed by atoms with Gasteiger partial charge in [-0.2, -0.15) is 0 Å². The molecule has 0 bridgehead atoms. The first-order valence-electron chi connectivity index (χ1n) is 8.88. The first-order valence-corrected chi connectivity index (χ1v) is 9.76. The van der Waals surface area contributed by atoms with E-state index < -0.39 is 0 Å². The van der Waals surface area contributed by atoms with E-state index in [1.165, 1.54) is 11.8 Å². The van der Waals surface area contributed by atoms with Crippen LogP contribution in [0.1, 0.15) is 12.7 Å². The number of allylic oxidation sites excluding steroid dienone is 1. The van der Waals surface area contributed by atoms with E-state index in [9.17, 15) is 4.79 Å². The second-order valence-electron chi connectivity index (χ2n) is 6.12. The normalized spacial score (nSPS) is 11.6. The Hall–Kier alpha value is -3.06.